The zero-order chi connectivity index (χ0) is 13.0. The summed E-state index contributed by atoms with van der Waals surface area (Å²) >= 11 is 1.86. The van der Waals surface area contributed by atoms with Crippen LogP contribution in [-0.2, 0) is 5.75 Å². The zero-order valence-electron chi connectivity index (χ0n) is 10.9. The lowest BCUT2D eigenvalue weighted by Crippen LogP contribution is -2.04. The first-order valence-corrected chi connectivity index (χ1v) is 7.17. The van der Waals surface area contributed by atoms with E-state index >= 15 is 0 Å². The van der Waals surface area contributed by atoms with Crippen LogP contribution in [0.5, 0.6) is 0 Å². The lowest BCUT2D eigenvalue weighted by Gasteiger charge is -2.07. The number of aryl methyl sites for hydroxylation is 1. The van der Waals surface area contributed by atoms with Gasteiger partial charge in [-0.05, 0) is 37.1 Å². The molecule has 94 valence electrons. The van der Waals surface area contributed by atoms with Crippen molar-refractivity contribution in [2.75, 3.05) is 0 Å². The SMILES string of the molecule is Cc1cccc(CSc2ccc([C@H](C)N)cc2)c1. The van der Waals surface area contributed by atoms with Crippen molar-refractivity contribution < 1.29 is 0 Å². The third kappa shape index (κ3) is 3.62. The molecule has 2 N–H and O–H groups in total. The molecule has 0 amide bonds. The fourth-order valence-corrected chi connectivity index (χ4v) is 2.68. The first-order chi connectivity index (χ1) is 8.65. The average Bonchev–Trinajstić information content (AvgIpc) is 2.37. The summed E-state index contributed by atoms with van der Waals surface area (Å²) in [5, 5.41) is 0. The Morgan fingerprint density at radius 2 is 1.83 bits per heavy atom. The van der Waals surface area contributed by atoms with Crippen LogP contribution in [0, 0.1) is 6.92 Å². The number of benzene rings is 2. The fraction of sp³-hybridized carbons (Fsp3) is 0.250. The Bertz CT molecular complexity index is 503. The molecule has 18 heavy (non-hydrogen) atoms. The highest BCUT2D eigenvalue weighted by Gasteiger charge is 2.00. The molecule has 0 aliphatic heterocycles. The van der Waals surface area contributed by atoms with Gasteiger partial charge in [0, 0.05) is 16.7 Å². The molecule has 0 fully saturated rings. The standard InChI is InChI=1S/C16H19NS/c1-12-4-3-5-14(10-12)11-18-16-8-6-15(7-9-16)13(2)17/h3-10,13H,11,17H2,1-2H3/t13-/m0/s1. The molecule has 2 rings (SSSR count). The summed E-state index contributed by atoms with van der Waals surface area (Å²) in [6, 6.07) is 17.3. The molecule has 2 aromatic carbocycles. The topological polar surface area (TPSA) is 26.0 Å². The highest BCUT2D eigenvalue weighted by Crippen LogP contribution is 2.24. The Morgan fingerprint density at radius 1 is 1.11 bits per heavy atom. The molecule has 0 spiro atoms. The van der Waals surface area contributed by atoms with Crippen molar-refractivity contribution in [2.24, 2.45) is 5.73 Å². The molecule has 1 nitrogen and oxygen atoms in total. The Kier molecular flexibility index (Phi) is 4.45. The second kappa shape index (κ2) is 6.07. The van der Waals surface area contributed by atoms with Crippen LogP contribution in [0.15, 0.2) is 53.4 Å². The van der Waals surface area contributed by atoms with Crippen LogP contribution in [-0.4, -0.2) is 0 Å². The van der Waals surface area contributed by atoms with Gasteiger partial charge >= 0.3 is 0 Å². The summed E-state index contributed by atoms with van der Waals surface area (Å²) < 4.78 is 0. The molecular weight excluding hydrogens is 238 g/mol. The summed E-state index contributed by atoms with van der Waals surface area (Å²) in [6.45, 7) is 4.14. The van der Waals surface area contributed by atoms with Gasteiger partial charge in [-0.15, -0.1) is 11.8 Å². The lowest BCUT2D eigenvalue weighted by atomic mass is 10.1. The van der Waals surface area contributed by atoms with Gasteiger partial charge in [-0.2, -0.15) is 0 Å². The van der Waals surface area contributed by atoms with Crippen LogP contribution < -0.4 is 5.73 Å². The molecule has 0 aromatic heterocycles. The molecule has 0 bridgehead atoms. The summed E-state index contributed by atoms with van der Waals surface area (Å²) in [5.41, 5.74) is 9.72. The van der Waals surface area contributed by atoms with Gasteiger partial charge in [0.1, 0.15) is 0 Å². The van der Waals surface area contributed by atoms with Gasteiger partial charge in [-0.25, -0.2) is 0 Å². The maximum atomic E-state index is 5.84. The molecular formula is C16H19NS. The summed E-state index contributed by atoms with van der Waals surface area (Å²) in [7, 11) is 0. The van der Waals surface area contributed by atoms with E-state index in [1.807, 2.05) is 18.7 Å². The van der Waals surface area contributed by atoms with Crippen molar-refractivity contribution >= 4 is 11.8 Å². The van der Waals surface area contributed by atoms with E-state index < -0.39 is 0 Å². The van der Waals surface area contributed by atoms with E-state index in [-0.39, 0.29) is 6.04 Å². The molecule has 2 heteroatoms. The van der Waals surface area contributed by atoms with Crippen molar-refractivity contribution in [1.82, 2.24) is 0 Å². The zero-order valence-corrected chi connectivity index (χ0v) is 11.7. The van der Waals surface area contributed by atoms with Crippen LogP contribution in [0.3, 0.4) is 0 Å². The molecule has 0 unspecified atom stereocenters. The molecule has 0 saturated carbocycles. The van der Waals surface area contributed by atoms with Crippen LogP contribution in [0.1, 0.15) is 29.7 Å². The quantitative estimate of drug-likeness (QED) is 0.826. The monoisotopic (exact) mass is 257 g/mol. The second-order valence-electron chi connectivity index (χ2n) is 4.64. The number of nitrogens with two attached hydrogens (primary N) is 1. The van der Waals surface area contributed by atoms with Crippen LogP contribution in [0.2, 0.25) is 0 Å². The molecule has 0 radical (unpaired) electrons. The van der Waals surface area contributed by atoms with Crippen molar-refractivity contribution in [2.45, 2.75) is 30.5 Å². The average molecular weight is 257 g/mol. The molecule has 1 atom stereocenters. The van der Waals surface area contributed by atoms with Gasteiger partial charge < -0.3 is 5.73 Å². The Balaban J connectivity index is 1.98. The fourth-order valence-electron chi connectivity index (χ4n) is 1.84. The summed E-state index contributed by atoms with van der Waals surface area (Å²) in [6.07, 6.45) is 0. The largest absolute Gasteiger partial charge is 0.324 e. The summed E-state index contributed by atoms with van der Waals surface area (Å²) in [4.78, 5) is 1.29. The Labute approximate surface area is 113 Å². The van der Waals surface area contributed by atoms with E-state index in [1.54, 1.807) is 0 Å². The number of hydrogen-bond donors (Lipinski definition) is 1. The van der Waals surface area contributed by atoms with Crippen LogP contribution in [0.25, 0.3) is 0 Å². The second-order valence-corrected chi connectivity index (χ2v) is 5.68. The maximum absolute atomic E-state index is 5.84. The molecule has 0 aliphatic rings. The highest BCUT2D eigenvalue weighted by atomic mass is 32.2. The molecule has 0 saturated heterocycles. The van der Waals surface area contributed by atoms with Crippen molar-refractivity contribution in [3.63, 3.8) is 0 Å². The maximum Gasteiger partial charge on any atom is 0.0266 e. The Morgan fingerprint density at radius 3 is 2.44 bits per heavy atom. The van der Waals surface area contributed by atoms with E-state index in [9.17, 15) is 0 Å². The first kappa shape index (κ1) is 13.2. The summed E-state index contributed by atoms with van der Waals surface area (Å²) in [5.74, 6) is 1.01. The van der Waals surface area contributed by atoms with Crippen molar-refractivity contribution in [1.29, 1.82) is 0 Å². The van der Waals surface area contributed by atoms with Crippen molar-refractivity contribution in [3.8, 4) is 0 Å². The minimum Gasteiger partial charge on any atom is -0.324 e. The van der Waals surface area contributed by atoms with E-state index in [2.05, 4.69) is 55.5 Å². The van der Waals surface area contributed by atoms with E-state index in [0.29, 0.717) is 0 Å². The lowest BCUT2D eigenvalue weighted by molar-refractivity contribution is 0.817. The normalized spacial score (nSPS) is 12.4. The Hall–Kier alpha value is -1.25. The smallest absolute Gasteiger partial charge is 0.0266 e. The van der Waals surface area contributed by atoms with Crippen LogP contribution in [0.4, 0.5) is 0 Å². The number of thioether (sulfide) groups is 1. The highest BCUT2D eigenvalue weighted by molar-refractivity contribution is 7.98. The van der Waals surface area contributed by atoms with E-state index in [4.69, 9.17) is 5.73 Å². The van der Waals surface area contributed by atoms with E-state index in [1.165, 1.54) is 21.6 Å². The third-order valence-electron chi connectivity index (χ3n) is 2.89. The van der Waals surface area contributed by atoms with Gasteiger partial charge in [0.15, 0.2) is 0 Å². The predicted octanol–water partition coefficient (Wildman–Crippen LogP) is 4.31. The predicted molar refractivity (Wildman–Crippen MR) is 79.8 cm³/mol. The van der Waals surface area contributed by atoms with Crippen molar-refractivity contribution in [3.05, 3.63) is 65.2 Å². The van der Waals surface area contributed by atoms with Gasteiger partial charge in [-0.1, -0.05) is 42.0 Å². The third-order valence-corrected chi connectivity index (χ3v) is 3.98. The van der Waals surface area contributed by atoms with Crippen LogP contribution >= 0.6 is 11.8 Å². The van der Waals surface area contributed by atoms with Gasteiger partial charge in [0.25, 0.3) is 0 Å². The van der Waals surface area contributed by atoms with Gasteiger partial charge in [-0.3, -0.25) is 0 Å². The molecule has 0 aliphatic carbocycles. The minimum absolute atomic E-state index is 0.112. The number of rotatable bonds is 4. The van der Waals surface area contributed by atoms with E-state index in [0.717, 1.165) is 5.75 Å². The minimum atomic E-state index is 0.112. The number of hydrogen-bond acceptors (Lipinski definition) is 2. The van der Waals surface area contributed by atoms with Gasteiger partial charge in [0.05, 0.1) is 0 Å². The molecule has 2 aromatic rings. The first-order valence-electron chi connectivity index (χ1n) is 6.19. The van der Waals surface area contributed by atoms with Gasteiger partial charge in [0.2, 0.25) is 0 Å². The molecule has 0 heterocycles.